The molecule has 0 saturated heterocycles. The molecule has 3 nitrogen and oxygen atoms in total. The van der Waals surface area contributed by atoms with E-state index < -0.39 is 23.1 Å². The van der Waals surface area contributed by atoms with E-state index in [2.05, 4.69) is 5.32 Å². The Bertz CT molecular complexity index is 526. The Labute approximate surface area is 127 Å². The number of halogens is 2. The zero-order chi connectivity index (χ0) is 15.5. The Morgan fingerprint density at radius 1 is 1.52 bits per heavy atom. The molecule has 0 aliphatic heterocycles. The van der Waals surface area contributed by atoms with Gasteiger partial charge in [-0.25, -0.2) is 8.78 Å². The molecule has 0 bridgehead atoms. The van der Waals surface area contributed by atoms with Gasteiger partial charge in [0.15, 0.2) is 0 Å². The summed E-state index contributed by atoms with van der Waals surface area (Å²) in [5, 5.41) is 12.5. The summed E-state index contributed by atoms with van der Waals surface area (Å²) in [5.41, 5.74) is -0.933. The summed E-state index contributed by atoms with van der Waals surface area (Å²) in [5.74, 6) is -1.81. The maximum Gasteiger partial charge on any atom is 0.323 e. The van der Waals surface area contributed by atoms with Crippen molar-refractivity contribution in [3.05, 3.63) is 29.8 Å². The predicted molar refractivity (Wildman–Crippen MR) is 78.5 cm³/mol. The third-order valence-electron chi connectivity index (χ3n) is 3.78. The van der Waals surface area contributed by atoms with Crippen molar-refractivity contribution in [3.8, 4) is 0 Å². The summed E-state index contributed by atoms with van der Waals surface area (Å²) in [7, 11) is 0. The Morgan fingerprint density at radius 2 is 2.29 bits per heavy atom. The van der Waals surface area contributed by atoms with Crippen LogP contribution in [-0.4, -0.2) is 28.4 Å². The first-order valence-corrected chi connectivity index (χ1v) is 7.95. The summed E-state index contributed by atoms with van der Waals surface area (Å²) in [4.78, 5) is 11.8. The van der Waals surface area contributed by atoms with E-state index in [1.54, 1.807) is 0 Å². The van der Waals surface area contributed by atoms with Gasteiger partial charge in [0, 0.05) is 10.1 Å². The van der Waals surface area contributed by atoms with Gasteiger partial charge >= 0.3 is 5.97 Å². The largest absolute Gasteiger partial charge is 0.480 e. The highest BCUT2D eigenvalue weighted by molar-refractivity contribution is 8.00. The minimum absolute atomic E-state index is 0.0262. The third kappa shape index (κ3) is 3.74. The molecule has 0 aromatic heterocycles. The summed E-state index contributed by atoms with van der Waals surface area (Å²) >= 11 is 1.23. The van der Waals surface area contributed by atoms with Crippen LogP contribution in [0.3, 0.4) is 0 Å². The highest BCUT2D eigenvalue weighted by atomic mass is 32.2. The highest BCUT2D eigenvalue weighted by Crippen LogP contribution is 2.41. The van der Waals surface area contributed by atoms with Crippen LogP contribution in [0.25, 0.3) is 0 Å². The number of carboxylic acid groups (broad SMARTS) is 1. The molecule has 1 saturated carbocycles. The van der Waals surface area contributed by atoms with Crippen molar-refractivity contribution < 1.29 is 18.7 Å². The lowest BCUT2D eigenvalue weighted by atomic mass is 9.98. The van der Waals surface area contributed by atoms with Crippen LogP contribution >= 0.6 is 11.8 Å². The predicted octanol–water partition coefficient (Wildman–Crippen LogP) is 3.43. The van der Waals surface area contributed by atoms with Crippen molar-refractivity contribution >= 4 is 17.7 Å². The third-order valence-corrected chi connectivity index (χ3v) is 5.08. The molecule has 1 aliphatic carbocycles. The van der Waals surface area contributed by atoms with Gasteiger partial charge < -0.3 is 10.4 Å². The van der Waals surface area contributed by atoms with Gasteiger partial charge in [0.2, 0.25) is 0 Å². The second-order valence-electron chi connectivity index (χ2n) is 5.37. The molecule has 2 rings (SSSR count). The molecule has 21 heavy (non-hydrogen) atoms. The Hall–Kier alpha value is -1.14. The summed E-state index contributed by atoms with van der Waals surface area (Å²) in [6.07, 6.45) is 2.45. The molecule has 2 unspecified atom stereocenters. The van der Waals surface area contributed by atoms with Gasteiger partial charge in [-0.1, -0.05) is 6.92 Å². The van der Waals surface area contributed by atoms with E-state index in [1.807, 2.05) is 6.92 Å². The minimum atomic E-state index is -0.933. The quantitative estimate of drug-likeness (QED) is 0.844. The molecule has 0 heterocycles. The van der Waals surface area contributed by atoms with Crippen LogP contribution in [0, 0.1) is 11.6 Å². The van der Waals surface area contributed by atoms with Gasteiger partial charge in [-0.15, -0.1) is 11.8 Å². The lowest BCUT2D eigenvalue weighted by Gasteiger charge is -2.25. The summed E-state index contributed by atoms with van der Waals surface area (Å²) < 4.78 is 26.8. The first kappa shape index (κ1) is 16.2. The van der Waals surface area contributed by atoms with E-state index in [4.69, 9.17) is 0 Å². The van der Waals surface area contributed by atoms with Crippen LogP contribution in [0.2, 0.25) is 0 Å². The van der Waals surface area contributed by atoms with Crippen molar-refractivity contribution in [3.63, 3.8) is 0 Å². The van der Waals surface area contributed by atoms with Gasteiger partial charge in [0.05, 0.1) is 0 Å². The fraction of sp³-hybridized carbons (Fsp3) is 0.533. The maximum atomic E-state index is 13.7. The van der Waals surface area contributed by atoms with Crippen molar-refractivity contribution in [1.29, 1.82) is 0 Å². The molecule has 0 spiro atoms. The smallest absolute Gasteiger partial charge is 0.323 e. The fourth-order valence-corrected chi connectivity index (χ4v) is 3.97. The molecule has 6 heteroatoms. The van der Waals surface area contributed by atoms with E-state index in [-0.39, 0.29) is 10.1 Å². The van der Waals surface area contributed by atoms with Gasteiger partial charge in [-0.2, -0.15) is 0 Å². The van der Waals surface area contributed by atoms with Gasteiger partial charge in [-0.3, -0.25) is 4.79 Å². The molecule has 0 radical (unpaired) electrons. The average Bonchev–Trinajstić information content (AvgIpc) is 2.85. The standard InChI is InChI=1S/C15H19F2NO2S/c1-2-7-18-15(14(19)20)6-5-11(9-15)21-13-8-10(16)3-4-12(13)17/h3-4,8,11,18H,2,5-7,9H2,1H3,(H,19,20). The summed E-state index contributed by atoms with van der Waals surface area (Å²) in [6, 6.07) is 3.35. The number of hydrogen-bond donors (Lipinski definition) is 2. The van der Waals surface area contributed by atoms with Gasteiger partial charge in [0.25, 0.3) is 0 Å². The van der Waals surface area contributed by atoms with Gasteiger partial charge in [0.1, 0.15) is 17.2 Å². The molecule has 0 amide bonds. The zero-order valence-corrected chi connectivity index (χ0v) is 12.7. The van der Waals surface area contributed by atoms with Crippen molar-refractivity contribution in [2.75, 3.05) is 6.54 Å². The van der Waals surface area contributed by atoms with Crippen LogP contribution in [-0.2, 0) is 4.79 Å². The lowest BCUT2D eigenvalue weighted by Crippen LogP contribution is -2.50. The molecular weight excluding hydrogens is 296 g/mol. The van der Waals surface area contributed by atoms with Crippen LogP contribution < -0.4 is 5.32 Å². The highest BCUT2D eigenvalue weighted by Gasteiger charge is 2.45. The van der Waals surface area contributed by atoms with E-state index in [0.717, 1.165) is 18.6 Å². The average molecular weight is 315 g/mol. The van der Waals surface area contributed by atoms with Crippen molar-refractivity contribution in [2.24, 2.45) is 0 Å². The van der Waals surface area contributed by atoms with Crippen LogP contribution in [0.4, 0.5) is 8.78 Å². The number of aliphatic carboxylic acids is 1. The second-order valence-corrected chi connectivity index (χ2v) is 6.71. The number of carboxylic acids is 1. The van der Waals surface area contributed by atoms with Crippen LogP contribution in [0.15, 0.2) is 23.1 Å². The van der Waals surface area contributed by atoms with E-state index >= 15 is 0 Å². The molecule has 1 aromatic rings. The summed E-state index contributed by atoms with van der Waals surface area (Å²) in [6.45, 7) is 2.61. The van der Waals surface area contributed by atoms with Crippen LogP contribution in [0.1, 0.15) is 32.6 Å². The minimum Gasteiger partial charge on any atom is -0.480 e. The molecule has 2 atom stereocenters. The first-order chi connectivity index (χ1) is 9.97. The monoisotopic (exact) mass is 315 g/mol. The number of rotatable bonds is 6. The van der Waals surface area contributed by atoms with E-state index in [1.165, 1.54) is 17.8 Å². The zero-order valence-electron chi connectivity index (χ0n) is 11.9. The number of benzene rings is 1. The molecule has 1 fully saturated rings. The van der Waals surface area contributed by atoms with Crippen molar-refractivity contribution in [2.45, 2.75) is 48.3 Å². The second kappa shape index (κ2) is 6.75. The first-order valence-electron chi connectivity index (χ1n) is 7.07. The number of nitrogens with one attached hydrogen (secondary N) is 1. The van der Waals surface area contributed by atoms with Gasteiger partial charge in [-0.05, 0) is 50.4 Å². The Balaban J connectivity index is 2.07. The molecule has 1 aliphatic rings. The number of carbonyl (C=O) groups is 1. The number of hydrogen-bond acceptors (Lipinski definition) is 3. The molecular formula is C15H19F2NO2S. The normalized spacial score (nSPS) is 25.2. The maximum absolute atomic E-state index is 13.7. The molecule has 2 N–H and O–H groups in total. The van der Waals surface area contributed by atoms with E-state index in [9.17, 15) is 18.7 Å². The molecule has 116 valence electrons. The van der Waals surface area contributed by atoms with Crippen LogP contribution in [0.5, 0.6) is 0 Å². The van der Waals surface area contributed by atoms with Crippen molar-refractivity contribution in [1.82, 2.24) is 5.32 Å². The molecule has 1 aromatic carbocycles. The SMILES string of the molecule is CCCNC1(C(=O)O)CCC(Sc2cc(F)ccc2F)C1. The lowest BCUT2D eigenvalue weighted by molar-refractivity contribution is -0.144. The Kier molecular flexibility index (Phi) is 5.22. The fourth-order valence-electron chi connectivity index (χ4n) is 2.64. The Morgan fingerprint density at radius 3 is 2.95 bits per heavy atom. The number of thioether (sulfide) groups is 1. The topological polar surface area (TPSA) is 49.3 Å². The van der Waals surface area contributed by atoms with E-state index in [0.29, 0.717) is 25.8 Å².